The quantitative estimate of drug-likeness (QED) is 0.0396. The van der Waals surface area contributed by atoms with Crippen LogP contribution in [0.4, 0.5) is 0 Å². The third-order valence-corrected chi connectivity index (χ3v) is 33.7. The van der Waals surface area contributed by atoms with Gasteiger partial charge in [-0.1, -0.05) is 241 Å². The highest BCUT2D eigenvalue weighted by molar-refractivity contribution is 7.86. The molecule has 11 rings (SSSR count). The van der Waals surface area contributed by atoms with Gasteiger partial charge in [0.1, 0.15) is 16.4 Å². The van der Waals surface area contributed by atoms with Gasteiger partial charge in [-0.05, 0) is 199 Å². The van der Waals surface area contributed by atoms with Crippen LogP contribution >= 0.6 is 0 Å². The monoisotopic (exact) mass is 1350 g/mol. The molecule has 4 aliphatic rings. The van der Waals surface area contributed by atoms with Crippen molar-refractivity contribution < 1.29 is 46.2 Å². The molecule has 10 nitrogen and oxygen atoms in total. The van der Waals surface area contributed by atoms with Crippen LogP contribution in [-0.2, 0) is 48.8 Å². The lowest BCUT2D eigenvalue weighted by molar-refractivity contribution is 0.0653. The van der Waals surface area contributed by atoms with E-state index in [9.17, 15) is 23.7 Å². The van der Waals surface area contributed by atoms with Gasteiger partial charge in [0.2, 0.25) is 0 Å². The molecule has 0 bridgehead atoms. The van der Waals surface area contributed by atoms with Crippen molar-refractivity contribution in [1.82, 2.24) is 0 Å². The molecule has 0 spiro atoms. The van der Waals surface area contributed by atoms with Crippen molar-refractivity contribution in [2.24, 2.45) is 35.5 Å². The van der Waals surface area contributed by atoms with Crippen LogP contribution in [0.2, 0.25) is 10.1 Å². The molecule has 516 valence electrons. The summed E-state index contributed by atoms with van der Waals surface area (Å²) >= 11 is 0. The summed E-state index contributed by atoms with van der Waals surface area (Å²) in [6.45, 7) is 25.9. The first-order valence-corrected chi connectivity index (χ1v) is 40.9. The van der Waals surface area contributed by atoms with Crippen molar-refractivity contribution in [2.75, 3.05) is 27.4 Å². The van der Waals surface area contributed by atoms with Crippen LogP contribution < -0.4 is 30.2 Å². The predicted molar refractivity (Wildman–Crippen MR) is 395 cm³/mol. The highest BCUT2D eigenvalue weighted by atomic mass is 32.2. The summed E-state index contributed by atoms with van der Waals surface area (Å²) < 4.78 is 61.2. The topological polar surface area (TPSA) is 141 Å². The van der Waals surface area contributed by atoms with Gasteiger partial charge in [-0.15, -0.1) is 0 Å². The molecule has 2 fully saturated rings. The molecular formula is C83H110O10SSi2. The van der Waals surface area contributed by atoms with Crippen LogP contribution in [0.5, 0.6) is 11.5 Å². The average molecular weight is 1360 g/mol. The first-order valence-electron chi connectivity index (χ1n) is 35.7. The van der Waals surface area contributed by atoms with E-state index in [0.29, 0.717) is 48.9 Å². The zero-order valence-electron chi connectivity index (χ0n) is 59.8. The van der Waals surface area contributed by atoms with Crippen LogP contribution in [0, 0.1) is 35.5 Å². The van der Waals surface area contributed by atoms with Gasteiger partial charge in [0.25, 0.3) is 26.8 Å². The number of ether oxygens (including phenoxy) is 2. The fraction of sp³-hybridized carbons (Fsp3) is 0.494. The Labute approximate surface area is 578 Å². The zero-order chi connectivity index (χ0) is 68.9. The van der Waals surface area contributed by atoms with E-state index in [-0.39, 0.29) is 64.1 Å². The largest absolute Gasteiger partial charge is 0.496 e. The maximum atomic E-state index is 14.1. The minimum absolute atomic E-state index is 0.0112. The number of methoxy groups -OCH3 is 2. The molecule has 96 heavy (non-hydrogen) atoms. The first-order chi connectivity index (χ1) is 45.8. The van der Waals surface area contributed by atoms with Gasteiger partial charge in [0, 0.05) is 12.2 Å². The summed E-state index contributed by atoms with van der Waals surface area (Å²) in [6.07, 6.45) is 6.73. The number of hydrogen-bond acceptors (Lipinski definition) is 10. The second-order valence-electron chi connectivity index (χ2n) is 31.2. The Kier molecular flexibility index (Phi) is 23.4. The summed E-state index contributed by atoms with van der Waals surface area (Å²) in [5.74, 6) is 4.40. The molecule has 0 amide bonds. The molecule has 0 unspecified atom stereocenters. The lowest BCUT2D eigenvalue weighted by Crippen LogP contribution is -2.68. The molecule has 0 aromatic heterocycles. The Morgan fingerprint density at radius 2 is 0.854 bits per heavy atom. The molecular weight excluding hydrogens is 1250 g/mol. The van der Waals surface area contributed by atoms with E-state index in [1.807, 2.05) is 39.8 Å². The molecule has 0 aliphatic heterocycles. The summed E-state index contributed by atoms with van der Waals surface area (Å²) in [4.78, 5) is 0.262. The minimum atomic E-state index is -4.15. The van der Waals surface area contributed by atoms with Crippen molar-refractivity contribution in [2.45, 2.75) is 204 Å². The van der Waals surface area contributed by atoms with Gasteiger partial charge in [0.05, 0.1) is 39.6 Å². The molecule has 13 heteroatoms. The summed E-state index contributed by atoms with van der Waals surface area (Å²) in [6, 6.07) is 60.3. The van der Waals surface area contributed by atoms with Crippen molar-refractivity contribution in [3.63, 3.8) is 0 Å². The van der Waals surface area contributed by atoms with Crippen LogP contribution in [-0.4, -0.2) is 92.2 Å². The standard InChI is InChI=1S/C49H66O6SSi.C34H44O4Si/c1-32(2)36-27-42(33(3)4)48(43(28-36)34(5)6)56(51,52)54-31-38(50)24-25-41-44-26-35-18-17-23-46(53-10)45(35)29-37(44)30-47(41)55-57(49(7,8)9,39-19-13-11-14-20-39)40-21-15-12-16-22-40;1-34(2,3)39(27-13-7-5-8-14-27,28-15-9-6-10-16-28)38-33-22-25-21-31-24(12-11-17-32(31)37-4)20-30(25)29(33)19-18-26(36)23-35/h11-23,27-28,32-34,37-38,41,44,47,50H,24-26,29-31H2,1-10H3;5-17,25-26,29-30,33,35-36H,18-23H2,1-4H3/t37-,38+,41+,44-,47+;25-,26+,29+,30-,33+/m00/s1. The SMILES string of the molecule is COc1cccc2c1C[C@H]1C[C@@H](O[Si](c3ccccc3)(c3ccccc3)C(C)(C)C)[C@H](CC[C@@H](O)CO)[C@H]1C2.COc1cccc2c1C[C@H]1C[C@@H](O[Si](c3ccccc3)(c3ccccc3)C(C)(C)C)[C@H](CC[C@@H](O)COS(=O)(=O)c3c(C(C)C)cc(C(C)C)cc3C(C)C)[C@H]1C2. The highest BCUT2D eigenvalue weighted by Gasteiger charge is 2.57. The van der Waals surface area contributed by atoms with Crippen molar-refractivity contribution in [3.8, 4) is 11.5 Å². The summed E-state index contributed by atoms with van der Waals surface area (Å²) in [5, 5.41) is 36.4. The smallest absolute Gasteiger partial charge is 0.297 e. The van der Waals surface area contributed by atoms with Gasteiger partial charge in [-0.3, -0.25) is 4.18 Å². The fourth-order valence-corrected chi connectivity index (χ4v) is 28.5. The van der Waals surface area contributed by atoms with E-state index in [2.05, 4.69) is 213 Å². The molecule has 2 saturated carbocycles. The number of rotatable bonds is 24. The second kappa shape index (κ2) is 30.8. The lowest BCUT2D eigenvalue weighted by Gasteiger charge is -2.46. The van der Waals surface area contributed by atoms with E-state index in [4.69, 9.17) is 22.5 Å². The Hall–Kier alpha value is -5.72. The molecule has 0 saturated heterocycles. The van der Waals surface area contributed by atoms with Gasteiger partial charge < -0.3 is 33.6 Å². The van der Waals surface area contributed by atoms with Crippen molar-refractivity contribution >= 4 is 47.5 Å². The Morgan fingerprint density at radius 1 is 0.490 bits per heavy atom. The molecule has 0 heterocycles. The van der Waals surface area contributed by atoms with E-state index in [1.165, 1.54) is 43.0 Å². The minimum Gasteiger partial charge on any atom is -0.496 e. The number of benzene rings is 7. The van der Waals surface area contributed by atoms with Gasteiger partial charge in [-0.2, -0.15) is 8.42 Å². The molecule has 4 aliphatic carbocycles. The number of aliphatic hydroxyl groups is 3. The van der Waals surface area contributed by atoms with E-state index < -0.39 is 39.0 Å². The van der Waals surface area contributed by atoms with Crippen molar-refractivity contribution in [3.05, 3.63) is 209 Å². The lowest BCUT2D eigenvalue weighted by atomic mass is 9.73. The predicted octanol–water partition coefficient (Wildman–Crippen LogP) is 15.0. The van der Waals surface area contributed by atoms with Crippen LogP contribution in [0.25, 0.3) is 0 Å². The maximum absolute atomic E-state index is 14.1. The first kappa shape index (κ1) is 73.0. The zero-order valence-corrected chi connectivity index (χ0v) is 62.6. The van der Waals surface area contributed by atoms with E-state index >= 15 is 0 Å². The molecule has 0 radical (unpaired) electrons. The van der Waals surface area contributed by atoms with E-state index in [1.54, 1.807) is 14.2 Å². The van der Waals surface area contributed by atoms with Crippen LogP contribution in [0.1, 0.15) is 178 Å². The van der Waals surface area contributed by atoms with Gasteiger partial charge in [0.15, 0.2) is 0 Å². The number of hydrogen-bond donors (Lipinski definition) is 3. The van der Waals surface area contributed by atoms with E-state index in [0.717, 1.165) is 73.1 Å². The Balaban J connectivity index is 0.000000224. The second-order valence-corrected chi connectivity index (χ2v) is 41.2. The third-order valence-electron chi connectivity index (χ3n) is 22.2. The molecule has 7 aromatic carbocycles. The fourth-order valence-electron chi connectivity index (χ4n) is 17.4. The molecule has 7 aromatic rings. The normalized spacial score (nSPS) is 21.8. The molecule has 3 N–H and O–H groups in total. The number of aliphatic hydroxyl groups excluding tert-OH is 3. The average Bonchev–Trinajstić information content (AvgIpc) is 0.842. The van der Waals surface area contributed by atoms with Crippen LogP contribution in [0.3, 0.4) is 0 Å². The molecule has 10 atom stereocenters. The maximum Gasteiger partial charge on any atom is 0.297 e. The van der Waals surface area contributed by atoms with Gasteiger partial charge in [-0.25, -0.2) is 0 Å². The number of fused-ring (bicyclic) bond motifs is 4. The highest BCUT2D eigenvalue weighted by Crippen LogP contribution is 2.54. The Morgan fingerprint density at radius 3 is 1.18 bits per heavy atom. The summed E-state index contributed by atoms with van der Waals surface area (Å²) in [7, 11) is -6.23. The van der Waals surface area contributed by atoms with Crippen LogP contribution in [0.15, 0.2) is 175 Å². The van der Waals surface area contributed by atoms with Gasteiger partial charge >= 0.3 is 0 Å². The third kappa shape index (κ3) is 15.2. The summed E-state index contributed by atoms with van der Waals surface area (Å²) in [5.41, 5.74) is 8.02. The Bertz CT molecular complexity index is 3670. The van der Waals surface area contributed by atoms with Crippen molar-refractivity contribution in [1.29, 1.82) is 0 Å².